The third-order valence-corrected chi connectivity index (χ3v) is 5.25. The fraction of sp³-hybridized carbons (Fsp3) is 0.933. The van der Waals surface area contributed by atoms with E-state index in [-0.39, 0.29) is 5.92 Å². The molecule has 3 fully saturated rings. The minimum absolute atomic E-state index is 0.133. The lowest BCUT2D eigenvalue weighted by Crippen LogP contribution is -2.42. The van der Waals surface area contributed by atoms with Crippen LogP contribution in [0.3, 0.4) is 0 Å². The highest BCUT2D eigenvalue weighted by atomic mass is 16.5. The monoisotopic (exact) mass is 251 g/mol. The van der Waals surface area contributed by atoms with Crippen molar-refractivity contribution in [3.05, 3.63) is 0 Å². The number of carbonyl (C=O) groups is 1. The summed E-state index contributed by atoms with van der Waals surface area (Å²) in [4.78, 5) is 14.9. The Hall–Kier alpha value is -0.570. The molecule has 3 heteroatoms. The molecule has 0 bridgehead atoms. The molecule has 3 aliphatic rings. The zero-order chi connectivity index (χ0) is 12.8. The molecule has 0 N–H and O–H groups in total. The summed E-state index contributed by atoms with van der Waals surface area (Å²) in [5, 5.41) is 0. The van der Waals surface area contributed by atoms with E-state index in [0.29, 0.717) is 24.0 Å². The SMILES string of the molecule is CC1(C)CN(C(=O)[C@@H]2CCCOC2)[C@@H]2CCC[C@H]21. The van der Waals surface area contributed by atoms with E-state index in [0.717, 1.165) is 31.9 Å². The highest BCUT2D eigenvalue weighted by Gasteiger charge is 2.51. The molecule has 0 aromatic carbocycles. The molecule has 2 aliphatic heterocycles. The lowest BCUT2D eigenvalue weighted by molar-refractivity contribution is -0.141. The number of likely N-dealkylation sites (tertiary alicyclic amines) is 1. The number of hydrogen-bond acceptors (Lipinski definition) is 2. The average molecular weight is 251 g/mol. The van der Waals surface area contributed by atoms with Crippen LogP contribution in [0.15, 0.2) is 0 Å². The summed E-state index contributed by atoms with van der Waals surface area (Å²) in [6, 6.07) is 0.523. The highest BCUT2D eigenvalue weighted by molar-refractivity contribution is 5.80. The van der Waals surface area contributed by atoms with Crippen molar-refractivity contribution >= 4 is 5.91 Å². The normalized spacial score (nSPS) is 38.8. The minimum atomic E-state index is 0.133. The zero-order valence-corrected chi connectivity index (χ0v) is 11.7. The first-order chi connectivity index (χ1) is 8.59. The molecule has 0 spiro atoms. The Kier molecular flexibility index (Phi) is 3.13. The molecule has 1 aliphatic carbocycles. The summed E-state index contributed by atoms with van der Waals surface area (Å²) in [7, 11) is 0. The van der Waals surface area contributed by atoms with Gasteiger partial charge in [0.15, 0.2) is 0 Å². The van der Waals surface area contributed by atoms with E-state index < -0.39 is 0 Å². The molecule has 0 radical (unpaired) electrons. The van der Waals surface area contributed by atoms with E-state index in [4.69, 9.17) is 4.74 Å². The highest BCUT2D eigenvalue weighted by Crippen LogP contribution is 2.49. The van der Waals surface area contributed by atoms with Crippen molar-refractivity contribution in [2.45, 2.75) is 52.0 Å². The Labute approximate surface area is 110 Å². The van der Waals surface area contributed by atoms with Gasteiger partial charge in [-0.15, -0.1) is 0 Å². The molecule has 3 atom stereocenters. The molecule has 0 unspecified atom stereocenters. The number of hydrogen-bond donors (Lipinski definition) is 0. The molecule has 1 saturated carbocycles. The van der Waals surface area contributed by atoms with Gasteiger partial charge in [0.25, 0.3) is 0 Å². The molecule has 2 heterocycles. The summed E-state index contributed by atoms with van der Waals surface area (Å²) in [6.07, 6.45) is 5.88. The van der Waals surface area contributed by atoms with E-state index >= 15 is 0 Å². The molecule has 3 nitrogen and oxygen atoms in total. The second-order valence-electron chi connectivity index (χ2n) is 6.97. The fourth-order valence-electron chi connectivity index (χ4n) is 4.31. The molecule has 0 aromatic heterocycles. The minimum Gasteiger partial charge on any atom is -0.381 e. The van der Waals surface area contributed by atoms with Crippen molar-refractivity contribution < 1.29 is 9.53 Å². The number of carbonyl (C=O) groups excluding carboxylic acids is 1. The quantitative estimate of drug-likeness (QED) is 0.716. The molecule has 102 valence electrons. The van der Waals surface area contributed by atoms with Gasteiger partial charge in [-0.2, -0.15) is 0 Å². The van der Waals surface area contributed by atoms with Gasteiger partial charge in [-0.1, -0.05) is 20.3 Å². The Bertz CT molecular complexity index is 333. The summed E-state index contributed by atoms with van der Waals surface area (Å²) in [6.45, 7) is 7.10. The van der Waals surface area contributed by atoms with Gasteiger partial charge in [0.1, 0.15) is 0 Å². The number of ether oxygens (including phenoxy) is 1. The van der Waals surface area contributed by atoms with Crippen LogP contribution in [0.2, 0.25) is 0 Å². The maximum Gasteiger partial charge on any atom is 0.228 e. The number of fused-ring (bicyclic) bond motifs is 1. The molecular formula is C15H25NO2. The first-order valence-corrected chi connectivity index (χ1v) is 7.48. The first kappa shape index (κ1) is 12.5. The third kappa shape index (κ3) is 1.97. The Morgan fingerprint density at radius 3 is 2.78 bits per heavy atom. The smallest absolute Gasteiger partial charge is 0.228 e. The van der Waals surface area contributed by atoms with Crippen molar-refractivity contribution in [1.29, 1.82) is 0 Å². The summed E-state index contributed by atoms with van der Waals surface area (Å²) in [5.74, 6) is 1.23. The first-order valence-electron chi connectivity index (χ1n) is 7.48. The van der Waals surface area contributed by atoms with E-state index in [9.17, 15) is 4.79 Å². The lowest BCUT2D eigenvalue weighted by Gasteiger charge is -2.30. The van der Waals surface area contributed by atoms with Crippen LogP contribution in [0.5, 0.6) is 0 Å². The van der Waals surface area contributed by atoms with E-state index in [1.54, 1.807) is 0 Å². The molecular weight excluding hydrogens is 226 g/mol. The van der Waals surface area contributed by atoms with Gasteiger partial charge < -0.3 is 9.64 Å². The van der Waals surface area contributed by atoms with Crippen LogP contribution in [0, 0.1) is 17.3 Å². The molecule has 0 aromatic rings. The lowest BCUT2D eigenvalue weighted by atomic mass is 9.80. The van der Waals surface area contributed by atoms with Crippen LogP contribution >= 0.6 is 0 Å². The van der Waals surface area contributed by atoms with Crippen LogP contribution < -0.4 is 0 Å². The molecule has 3 rings (SSSR count). The maximum atomic E-state index is 12.7. The van der Waals surface area contributed by atoms with Gasteiger partial charge in [-0.3, -0.25) is 4.79 Å². The van der Waals surface area contributed by atoms with Gasteiger partial charge >= 0.3 is 0 Å². The van der Waals surface area contributed by atoms with Gasteiger partial charge in [-0.05, 0) is 37.0 Å². The van der Waals surface area contributed by atoms with Crippen LogP contribution in [0.25, 0.3) is 0 Å². The molecule has 18 heavy (non-hydrogen) atoms. The van der Waals surface area contributed by atoms with Crippen LogP contribution in [0.4, 0.5) is 0 Å². The topological polar surface area (TPSA) is 29.5 Å². The number of amides is 1. The zero-order valence-electron chi connectivity index (χ0n) is 11.7. The summed E-state index contributed by atoms with van der Waals surface area (Å²) >= 11 is 0. The number of nitrogens with zero attached hydrogens (tertiary/aromatic N) is 1. The van der Waals surface area contributed by atoms with Crippen molar-refractivity contribution in [3.8, 4) is 0 Å². The fourth-order valence-corrected chi connectivity index (χ4v) is 4.31. The van der Waals surface area contributed by atoms with Gasteiger partial charge in [0.2, 0.25) is 5.91 Å². The Balaban J connectivity index is 1.74. The predicted octanol–water partition coefficient (Wildman–Crippen LogP) is 2.45. The third-order valence-electron chi connectivity index (χ3n) is 5.25. The second kappa shape index (κ2) is 4.52. The standard InChI is InChI=1S/C15H25NO2/c1-15(2)10-16(13-7-3-6-12(13)15)14(17)11-5-4-8-18-9-11/h11-13H,3-10H2,1-2H3/t11-,12-,13-/m1/s1. The van der Waals surface area contributed by atoms with E-state index in [2.05, 4.69) is 18.7 Å². The summed E-state index contributed by atoms with van der Waals surface area (Å²) < 4.78 is 5.48. The van der Waals surface area contributed by atoms with Crippen LogP contribution in [-0.2, 0) is 9.53 Å². The van der Waals surface area contributed by atoms with Gasteiger partial charge in [-0.25, -0.2) is 0 Å². The average Bonchev–Trinajstić information content (AvgIpc) is 2.93. The summed E-state index contributed by atoms with van der Waals surface area (Å²) in [5.41, 5.74) is 0.312. The Morgan fingerprint density at radius 1 is 1.22 bits per heavy atom. The molecule has 2 saturated heterocycles. The predicted molar refractivity (Wildman–Crippen MR) is 70.2 cm³/mol. The number of rotatable bonds is 1. The van der Waals surface area contributed by atoms with Crippen molar-refractivity contribution in [2.75, 3.05) is 19.8 Å². The van der Waals surface area contributed by atoms with Crippen molar-refractivity contribution in [3.63, 3.8) is 0 Å². The van der Waals surface area contributed by atoms with Gasteiger partial charge in [0.05, 0.1) is 12.5 Å². The maximum absolute atomic E-state index is 12.7. The van der Waals surface area contributed by atoms with E-state index in [1.165, 1.54) is 19.3 Å². The van der Waals surface area contributed by atoms with E-state index in [1.807, 2.05) is 0 Å². The second-order valence-corrected chi connectivity index (χ2v) is 6.97. The van der Waals surface area contributed by atoms with Crippen molar-refractivity contribution in [1.82, 2.24) is 4.90 Å². The molecule has 1 amide bonds. The van der Waals surface area contributed by atoms with Crippen LogP contribution in [-0.4, -0.2) is 36.6 Å². The largest absolute Gasteiger partial charge is 0.381 e. The van der Waals surface area contributed by atoms with Crippen LogP contribution in [0.1, 0.15) is 46.0 Å². The van der Waals surface area contributed by atoms with Crippen molar-refractivity contribution in [2.24, 2.45) is 17.3 Å². The van der Waals surface area contributed by atoms with Gasteiger partial charge in [0, 0.05) is 19.2 Å². The Morgan fingerprint density at radius 2 is 2.06 bits per heavy atom.